The molecule has 5 nitrogen and oxygen atoms in total. The number of rotatable bonds is 2. The number of piperidine rings is 1. The predicted molar refractivity (Wildman–Crippen MR) is 85.8 cm³/mol. The molecule has 1 aromatic carbocycles. The minimum atomic E-state index is -0.0522. The van der Waals surface area contributed by atoms with E-state index in [9.17, 15) is 4.79 Å². The van der Waals surface area contributed by atoms with E-state index < -0.39 is 0 Å². The van der Waals surface area contributed by atoms with Crippen LogP contribution in [0, 0.1) is 5.41 Å². The van der Waals surface area contributed by atoms with Gasteiger partial charge < -0.3 is 10.6 Å². The van der Waals surface area contributed by atoms with E-state index >= 15 is 0 Å². The molecule has 2 heterocycles. The van der Waals surface area contributed by atoms with Crippen molar-refractivity contribution < 1.29 is 4.79 Å². The van der Waals surface area contributed by atoms with Crippen molar-refractivity contribution in [1.29, 1.82) is 0 Å². The normalized spacial score (nSPS) is 20.9. The molecule has 2 aromatic rings. The average molecular weight is 298 g/mol. The molecule has 1 aliphatic rings. The maximum Gasteiger partial charge on any atom is 0.257 e. The van der Waals surface area contributed by atoms with Gasteiger partial charge in [-0.05, 0) is 24.0 Å². The van der Waals surface area contributed by atoms with E-state index in [4.69, 9.17) is 5.73 Å². The van der Waals surface area contributed by atoms with Crippen LogP contribution < -0.4 is 5.73 Å². The maximum atomic E-state index is 12.7. The lowest BCUT2D eigenvalue weighted by molar-refractivity contribution is 0.0533. The first-order valence-corrected chi connectivity index (χ1v) is 7.62. The minimum absolute atomic E-state index is 0.0298. The smallest absolute Gasteiger partial charge is 0.257 e. The average Bonchev–Trinajstić information content (AvgIpc) is 3.00. The molecule has 1 aliphatic heterocycles. The van der Waals surface area contributed by atoms with E-state index in [2.05, 4.69) is 18.9 Å². The van der Waals surface area contributed by atoms with Crippen LogP contribution in [0.25, 0.3) is 5.69 Å². The summed E-state index contributed by atoms with van der Waals surface area (Å²) in [7, 11) is 0. The molecule has 0 saturated carbocycles. The molecule has 0 bridgehead atoms. The van der Waals surface area contributed by atoms with Gasteiger partial charge in [-0.15, -0.1) is 0 Å². The van der Waals surface area contributed by atoms with E-state index in [1.54, 1.807) is 17.1 Å². The van der Waals surface area contributed by atoms with Crippen molar-refractivity contribution in [2.24, 2.45) is 11.1 Å². The number of amides is 1. The molecule has 116 valence electrons. The van der Waals surface area contributed by atoms with Crippen molar-refractivity contribution in [3.8, 4) is 5.69 Å². The van der Waals surface area contributed by atoms with Crippen LogP contribution in [0.1, 0.15) is 30.6 Å². The van der Waals surface area contributed by atoms with Crippen LogP contribution >= 0.6 is 0 Å². The second kappa shape index (κ2) is 5.57. The zero-order valence-electron chi connectivity index (χ0n) is 13.1. The Kier molecular flexibility index (Phi) is 3.74. The maximum absolute atomic E-state index is 12.7. The molecule has 0 spiro atoms. The molecule has 1 unspecified atom stereocenters. The molecule has 5 heteroatoms. The highest BCUT2D eigenvalue weighted by Gasteiger charge is 2.35. The quantitative estimate of drug-likeness (QED) is 0.923. The highest BCUT2D eigenvalue weighted by Crippen LogP contribution is 2.28. The molecule has 1 aromatic heterocycles. The van der Waals surface area contributed by atoms with Gasteiger partial charge in [0.1, 0.15) is 0 Å². The van der Waals surface area contributed by atoms with Crippen molar-refractivity contribution in [3.05, 3.63) is 48.3 Å². The summed E-state index contributed by atoms with van der Waals surface area (Å²) in [5.41, 5.74) is 7.65. The SMILES string of the molecule is CC1(C)CN(C(=O)c2cnn(-c3ccccc3)c2)CCC1N. The first kappa shape index (κ1) is 14.8. The molecule has 1 amide bonds. The molecule has 1 saturated heterocycles. The minimum Gasteiger partial charge on any atom is -0.338 e. The number of benzene rings is 1. The number of hydrogen-bond acceptors (Lipinski definition) is 3. The number of likely N-dealkylation sites (tertiary alicyclic amines) is 1. The molecule has 0 radical (unpaired) electrons. The third-order valence-corrected chi connectivity index (χ3v) is 4.45. The first-order valence-electron chi connectivity index (χ1n) is 7.62. The molecule has 1 fully saturated rings. The summed E-state index contributed by atoms with van der Waals surface area (Å²) in [4.78, 5) is 14.6. The second-order valence-corrected chi connectivity index (χ2v) is 6.62. The lowest BCUT2D eigenvalue weighted by Gasteiger charge is -2.42. The predicted octanol–water partition coefficient (Wildman–Crippen LogP) is 2.07. The fourth-order valence-electron chi connectivity index (χ4n) is 2.88. The lowest BCUT2D eigenvalue weighted by Crippen LogP contribution is -2.53. The number of para-hydroxylation sites is 1. The van der Waals surface area contributed by atoms with Gasteiger partial charge in [0.15, 0.2) is 0 Å². The van der Waals surface area contributed by atoms with Crippen LogP contribution in [0.5, 0.6) is 0 Å². The van der Waals surface area contributed by atoms with Crippen molar-refractivity contribution in [2.75, 3.05) is 13.1 Å². The van der Waals surface area contributed by atoms with Crippen LogP contribution in [0.4, 0.5) is 0 Å². The molecule has 3 rings (SSSR count). The highest BCUT2D eigenvalue weighted by atomic mass is 16.2. The number of nitrogens with zero attached hydrogens (tertiary/aromatic N) is 3. The van der Waals surface area contributed by atoms with Crippen LogP contribution in [-0.4, -0.2) is 39.7 Å². The van der Waals surface area contributed by atoms with Gasteiger partial charge in [-0.2, -0.15) is 5.10 Å². The molecular formula is C17H22N4O. The fraction of sp³-hybridized carbons (Fsp3) is 0.412. The largest absolute Gasteiger partial charge is 0.338 e. The molecule has 1 atom stereocenters. The third-order valence-electron chi connectivity index (χ3n) is 4.45. The van der Waals surface area contributed by atoms with Crippen molar-refractivity contribution in [1.82, 2.24) is 14.7 Å². The Morgan fingerprint density at radius 3 is 2.73 bits per heavy atom. The fourth-order valence-corrected chi connectivity index (χ4v) is 2.88. The molecule has 2 N–H and O–H groups in total. The number of aromatic nitrogens is 2. The summed E-state index contributed by atoms with van der Waals surface area (Å²) in [6.45, 7) is 5.62. The van der Waals surface area contributed by atoms with Crippen molar-refractivity contribution >= 4 is 5.91 Å². The van der Waals surface area contributed by atoms with Gasteiger partial charge in [0.25, 0.3) is 5.91 Å². The van der Waals surface area contributed by atoms with Gasteiger partial charge in [0, 0.05) is 25.3 Å². The number of hydrogen-bond donors (Lipinski definition) is 1. The van der Waals surface area contributed by atoms with E-state index in [1.807, 2.05) is 35.2 Å². The van der Waals surface area contributed by atoms with E-state index in [0.29, 0.717) is 18.7 Å². The standard InChI is InChI=1S/C17H22N4O/c1-17(2)12-20(9-8-15(17)18)16(22)13-10-19-21(11-13)14-6-4-3-5-7-14/h3-7,10-11,15H,8-9,12,18H2,1-2H3. The Bertz CT molecular complexity index is 662. The summed E-state index contributed by atoms with van der Waals surface area (Å²) < 4.78 is 1.73. The van der Waals surface area contributed by atoms with Gasteiger partial charge in [-0.25, -0.2) is 4.68 Å². The number of nitrogens with two attached hydrogens (primary N) is 1. The van der Waals surface area contributed by atoms with Crippen LogP contribution in [0.2, 0.25) is 0 Å². The van der Waals surface area contributed by atoms with Gasteiger partial charge in [0.2, 0.25) is 0 Å². The Labute approximate surface area is 130 Å². The first-order chi connectivity index (χ1) is 10.5. The Morgan fingerprint density at radius 1 is 1.32 bits per heavy atom. The zero-order valence-corrected chi connectivity index (χ0v) is 13.1. The van der Waals surface area contributed by atoms with E-state index in [0.717, 1.165) is 12.1 Å². The van der Waals surface area contributed by atoms with E-state index in [1.165, 1.54) is 0 Å². The van der Waals surface area contributed by atoms with Gasteiger partial charge in [-0.1, -0.05) is 32.0 Å². The summed E-state index contributed by atoms with van der Waals surface area (Å²) in [5, 5.41) is 4.30. The van der Waals surface area contributed by atoms with E-state index in [-0.39, 0.29) is 17.4 Å². The molecule has 0 aliphatic carbocycles. The molecular weight excluding hydrogens is 276 g/mol. The lowest BCUT2D eigenvalue weighted by atomic mass is 9.79. The third kappa shape index (κ3) is 2.76. The van der Waals surface area contributed by atoms with Crippen LogP contribution in [-0.2, 0) is 0 Å². The van der Waals surface area contributed by atoms with Crippen molar-refractivity contribution in [3.63, 3.8) is 0 Å². The number of carbonyl (C=O) groups excluding carboxylic acids is 1. The van der Waals surface area contributed by atoms with Crippen molar-refractivity contribution in [2.45, 2.75) is 26.3 Å². The summed E-state index contributed by atoms with van der Waals surface area (Å²) >= 11 is 0. The van der Waals surface area contributed by atoms with Crippen LogP contribution in [0.3, 0.4) is 0 Å². The molecule has 22 heavy (non-hydrogen) atoms. The van der Waals surface area contributed by atoms with Gasteiger partial charge >= 0.3 is 0 Å². The van der Waals surface area contributed by atoms with Gasteiger partial charge in [0.05, 0.1) is 17.4 Å². The highest BCUT2D eigenvalue weighted by molar-refractivity contribution is 5.94. The number of carbonyl (C=O) groups is 1. The van der Waals surface area contributed by atoms with Crippen LogP contribution in [0.15, 0.2) is 42.7 Å². The Hall–Kier alpha value is -2.14. The second-order valence-electron chi connectivity index (χ2n) is 6.62. The van der Waals surface area contributed by atoms with Gasteiger partial charge in [-0.3, -0.25) is 4.79 Å². The summed E-state index contributed by atoms with van der Waals surface area (Å²) in [5.74, 6) is 0.0298. The topological polar surface area (TPSA) is 64.2 Å². The monoisotopic (exact) mass is 298 g/mol. The summed E-state index contributed by atoms with van der Waals surface area (Å²) in [6.07, 6.45) is 4.27. The Balaban J connectivity index is 1.78. The summed E-state index contributed by atoms with van der Waals surface area (Å²) in [6, 6.07) is 9.93. The Morgan fingerprint density at radius 2 is 2.05 bits per heavy atom. The zero-order chi connectivity index (χ0) is 15.7.